The van der Waals surface area contributed by atoms with Gasteiger partial charge in [-0.1, -0.05) is 336 Å². The van der Waals surface area contributed by atoms with Crippen LogP contribution in [0.3, 0.4) is 0 Å². The normalized spacial score (nSPS) is 14.0. The number of phosphoric acid groups is 2. The van der Waals surface area contributed by atoms with Crippen molar-refractivity contribution in [3.05, 3.63) is 0 Å². The molecule has 0 radical (unpaired) electrons. The van der Waals surface area contributed by atoms with Gasteiger partial charge in [0.05, 0.1) is 26.4 Å². The number of esters is 4. The predicted octanol–water partition coefficient (Wildman–Crippen LogP) is 21.7. The Morgan fingerprint density at radius 1 is 0.290 bits per heavy atom. The van der Waals surface area contributed by atoms with E-state index in [-0.39, 0.29) is 25.7 Å². The molecule has 19 heteroatoms. The van der Waals surface area contributed by atoms with Crippen molar-refractivity contribution in [2.45, 2.75) is 406 Å². The quantitative estimate of drug-likeness (QED) is 0.0222. The third kappa shape index (κ3) is 68.4. The number of ether oxygens (including phenoxy) is 4. The van der Waals surface area contributed by atoms with E-state index in [1.54, 1.807) is 0 Å². The summed E-state index contributed by atoms with van der Waals surface area (Å²) in [4.78, 5) is 72.6. The van der Waals surface area contributed by atoms with Gasteiger partial charge in [-0.05, 0) is 31.6 Å². The van der Waals surface area contributed by atoms with Gasteiger partial charge in [-0.25, -0.2) is 9.13 Å². The number of rotatable bonds is 74. The first-order valence-corrected chi connectivity index (χ1v) is 41.6. The van der Waals surface area contributed by atoms with Crippen LogP contribution in [0.4, 0.5) is 0 Å². The molecule has 0 aromatic rings. The van der Waals surface area contributed by atoms with E-state index in [0.717, 1.165) is 109 Å². The number of aliphatic hydroxyl groups excluding tert-OH is 1. The maximum atomic E-state index is 13.1. The van der Waals surface area contributed by atoms with Gasteiger partial charge in [-0.2, -0.15) is 0 Å². The molecule has 2 unspecified atom stereocenters. The van der Waals surface area contributed by atoms with Crippen LogP contribution in [-0.4, -0.2) is 96.7 Å². The Hall–Kier alpha value is -1.94. The van der Waals surface area contributed by atoms with Crippen LogP contribution < -0.4 is 0 Å². The molecule has 0 aliphatic rings. The molecule has 0 spiro atoms. The largest absolute Gasteiger partial charge is 0.472 e. The lowest BCUT2D eigenvalue weighted by Gasteiger charge is -2.21. The van der Waals surface area contributed by atoms with Crippen LogP contribution in [0.1, 0.15) is 388 Å². The number of unbranched alkanes of at least 4 members (excludes halogenated alkanes) is 46. The Bertz CT molecular complexity index is 1790. The van der Waals surface area contributed by atoms with E-state index in [2.05, 4.69) is 34.6 Å². The minimum Gasteiger partial charge on any atom is -0.462 e. The van der Waals surface area contributed by atoms with Gasteiger partial charge in [0.2, 0.25) is 0 Å². The Labute approximate surface area is 568 Å². The van der Waals surface area contributed by atoms with E-state index in [4.69, 9.17) is 37.0 Å². The summed E-state index contributed by atoms with van der Waals surface area (Å²) in [5.74, 6) is -1.32. The van der Waals surface area contributed by atoms with E-state index in [9.17, 15) is 43.2 Å². The summed E-state index contributed by atoms with van der Waals surface area (Å²) in [5, 5.41) is 10.6. The van der Waals surface area contributed by atoms with Gasteiger partial charge in [0.1, 0.15) is 19.3 Å². The molecular weight excluding hydrogens is 1220 g/mol. The smallest absolute Gasteiger partial charge is 0.462 e. The first-order chi connectivity index (χ1) is 45.0. The fourth-order valence-corrected chi connectivity index (χ4v) is 12.9. The van der Waals surface area contributed by atoms with E-state index >= 15 is 0 Å². The standard InChI is InChI=1S/C74H144O17P2/c1-6-9-12-15-18-20-22-23-24-25-26-27-32-36-40-45-50-55-60-74(79)91-70(64-85-72(77)58-53-48-43-38-35-31-29-28-30-34-37-42-46-51-56-67(4)5)66-89-93(82,83)87-62-68(75)61-86-92(80,81)88-65-69(63-84-71(76)57-52-47-41-17-14-11-8-3)90-73(78)59-54-49-44-39-33-21-19-16-13-10-7-2/h67-70,75H,6-66H2,1-5H3,(H,80,81)(H,82,83)/t68-,69+,70+/m0/s1. The zero-order valence-corrected chi connectivity index (χ0v) is 62.2. The molecule has 0 aliphatic carbocycles. The molecule has 0 heterocycles. The third-order valence-electron chi connectivity index (χ3n) is 17.3. The summed E-state index contributed by atoms with van der Waals surface area (Å²) in [6, 6.07) is 0. The van der Waals surface area contributed by atoms with Crippen molar-refractivity contribution in [1.29, 1.82) is 0 Å². The molecule has 0 fully saturated rings. The lowest BCUT2D eigenvalue weighted by molar-refractivity contribution is -0.161. The van der Waals surface area contributed by atoms with Crippen molar-refractivity contribution < 1.29 is 80.2 Å². The van der Waals surface area contributed by atoms with E-state index in [1.807, 2.05) is 0 Å². The predicted molar refractivity (Wildman–Crippen MR) is 377 cm³/mol. The minimum atomic E-state index is -4.95. The Morgan fingerprint density at radius 2 is 0.495 bits per heavy atom. The number of aliphatic hydroxyl groups is 1. The van der Waals surface area contributed by atoms with Crippen molar-refractivity contribution >= 4 is 39.5 Å². The summed E-state index contributed by atoms with van der Waals surface area (Å²) >= 11 is 0. The lowest BCUT2D eigenvalue weighted by Crippen LogP contribution is -2.30. The zero-order chi connectivity index (χ0) is 68.4. The Kier molecular flexibility index (Phi) is 65.9. The molecule has 93 heavy (non-hydrogen) atoms. The van der Waals surface area contributed by atoms with E-state index in [0.29, 0.717) is 25.7 Å². The molecule has 552 valence electrons. The highest BCUT2D eigenvalue weighted by molar-refractivity contribution is 7.47. The van der Waals surface area contributed by atoms with Crippen molar-refractivity contribution in [2.75, 3.05) is 39.6 Å². The van der Waals surface area contributed by atoms with Gasteiger partial charge >= 0.3 is 39.5 Å². The van der Waals surface area contributed by atoms with Crippen LogP contribution in [0.25, 0.3) is 0 Å². The Balaban J connectivity index is 5.18. The summed E-state index contributed by atoms with van der Waals surface area (Å²) in [5.41, 5.74) is 0. The SMILES string of the molecule is CCCCCCCCCCCCCCCCCCCCC(=O)O[C@H](COC(=O)CCCCCCCCCCCCCCCCC(C)C)COP(=O)(O)OC[C@@H](O)COP(=O)(O)OC[C@@H](COC(=O)CCCCCCCCC)OC(=O)CCCCCCCCCCCCC. The molecule has 0 aromatic carbocycles. The number of carbonyl (C=O) groups is 4. The summed E-state index contributed by atoms with van der Waals surface area (Å²) in [6.45, 7) is 7.26. The second-order valence-electron chi connectivity index (χ2n) is 27.2. The molecule has 0 rings (SSSR count). The highest BCUT2D eigenvalue weighted by Gasteiger charge is 2.30. The molecule has 17 nitrogen and oxygen atoms in total. The van der Waals surface area contributed by atoms with Gasteiger partial charge in [0.15, 0.2) is 12.2 Å². The van der Waals surface area contributed by atoms with Crippen LogP contribution in [0.5, 0.6) is 0 Å². The van der Waals surface area contributed by atoms with E-state index < -0.39 is 97.5 Å². The van der Waals surface area contributed by atoms with Gasteiger partial charge in [-0.15, -0.1) is 0 Å². The van der Waals surface area contributed by atoms with Gasteiger partial charge in [-0.3, -0.25) is 37.3 Å². The highest BCUT2D eigenvalue weighted by Crippen LogP contribution is 2.45. The maximum Gasteiger partial charge on any atom is 0.472 e. The molecule has 0 aromatic heterocycles. The molecule has 0 aliphatic heterocycles. The van der Waals surface area contributed by atoms with Crippen LogP contribution in [0, 0.1) is 5.92 Å². The molecule has 0 bridgehead atoms. The molecule has 0 saturated carbocycles. The molecule has 0 saturated heterocycles. The lowest BCUT2D eigenvalue weighted by atomic mass is 10.0. The summed E-state index contributed by atoms with van der Waals surface area (Å²) < 4.78 is 68.3. The maximum absolute atomic E-state index is 13.1. The number of hydrogen-bond donors (Lipinski definition) is 3. The number of hydrogen-bond acceptors (Lipinski definition) is 15. The van der Waals surface area contributed by atoms with Crippen LogP contribution in [0.15, 0.2) is 0 Å². The fraction of sp³-hybridized carbons (Fsp3) is 0.946. The number of phosphoric ester groups is 2. The van der Waals surface area contributed by atoms with Crippen LogP contribution in [-0.2, 0) is 65.4 Å². The van der Waals surface area contributed by atoms with E-state index in [1.165, 1.54) is 199 Å². The average Bonchev–Trinajstić information content (AvgIpc) is 1.88. The van der Waals surface area contributed by atoms with Crippen molar-refractivity contribution in [3.63, 3.8) is 0 Å². The van der Waals surface area contributed by atoms with Crippen molar-refractivity contribution in [3.8, 4) is 0 Å². The second-order valence-corrected chi connectivity index (χ2v) is 30.1. The summed E-state index contributed by atoms with van der Waals surface area (Å²) in [7, 11) is -9.90. The highest BCUT2D eigenvalue weighted by atomic mass is 31.2. The van der Waals surface area contributed by atoms with Crippen molar-refractivity contribution in [2.24, 2.45) is 5.92 Å². The first kappa shape index (κ1) is 91.1. The molecule has 5 atom stereocenters. The van der Waals surface area contributed by atoms with Crippen LogP contribution >= 0.6 is 15.6 Å². The van der Waals surface area contributed by atoms with Gasteiger partial charge in [0, 0.05) is 25.7 Å². The molecular formula is C74H144O17P2. The van der Waals surface area contributed by atoms with Crippen LogP contribution in [0.2, 0.25) is 0 Å². The Morgan fingerprint density at radius 3 is 0.731 bits per heavy atom. The number of carbonyl (C=O) groups excluding carboxylic acids is 4. The fourth-order valence-electron chi connectivity index (χ4n) is 11.4. The van der Waals surface area contributed by atoms with Gasteiger partial charge < -0.3 is 33.8 Å². The second kappa shape index (κ2) is 67.3. The molecule has 3 N–H and O–H groups in total. The summed E-state index contributed by atoms with van der Waals surface area (Å²) in [6.07, 6.45) is 55.6. The zero-order valence-electron chi connectivity index (χ0n) is 60.4. The molecule has 0 amide bonds. The van der Waals surface area contributed by atoms with Gasteiger partial charge in [0.25, 0.3) is 0 Å². The minimum absolute atomic E-state index is 0.107. The van der Waals surface area contributed by atoms with Crippen molar-refractivity contribution in [1.82, 2.24) is 0 Å². The third-order valence-corrected chi connectivity index (χ3v) is 19.2. The topological polar surface area (TPSA) is 237 Å². The monoisotopic (exact) mass is 1370 g/mol. The average molecular weight is 1370 g/mol. The first-order valence-electron chi connectivity index (χ1n) is 38.6.